The second-order valence-corrected chi connectivity index (χ2v) is 8.43. The molecule has 148 valence electrons. The first-order valence-electron chi connectivity index (χ1n) is 8.97. The van der Waals surface area contributed by atoms with Gasteiger partial charge in [0.25, 0.3) is 0 Å². The summed E-state index contributed by atoms with van der Waals surface area (Å²) in [6.45, 7) is 4.45. The van der Waals surface area contributed by atoms with E-state index in [4.69, 9.17) is 4.74 Å². The third kappa shape index (κ3) is 3.50. The number of benzene rings is 1. The van der Waals surface area contributed by atoms with Crippen LogP contribution in [-0.4, -0.2) is 76.7 Å². The first-order valence-corrected chi connectivity index (χ1v) is 10.8. The fraction of sp³-hybridized carbons (Fsp3) is 0.412. The molecule has 0 saturated carbocycles. The van der Waals surface area contributed by atoms with Crippen LogP contribution >= 0.6 is 0 Å². The van der Waals surface area contributed by atoms with Gasteiger partial charge in [-0.1, -0.05) is 5.21 Å². The zero-order chi connectivity index (χ0) is 19.7. The van der Waals surface area contributed by atoms with Crippen molar-refractivity contribution in [2.24, 2.45) is 0 Å². The van der Waals surface area contributed by atoms with E-state index in [1.807, 2.05) is 36.1 Å². The van der Waals surface area contributed by atoms with Crippen molar-refractivity contribution in [3.63, 3.8) is 0 Å². The summed E-state index contributed by atoms with van der Waals surface area (Å²) in [5, 5.41) is 8.52. The molecule has 0 radical (unpaired) electrons. The Kier molecular flexibility index (Phi) is 4.85. The van der Waals surface area contributed by atoms with E-state index in [-0.39, 0.29) is 0 Å². The van der Waals surface area contributed by atoms with Crippen LogP contribution in [0.3, 0.4) is 0 Å². The van der Waals surface area contributed by atoms with Crippen molar-refractivity contribution in [2.45, 2.75) is 6.92 Å². The number of sulfonamides is 1. The summed E-state index contributed by atoms with van der Waals surface area (Å²) in [6.07, 6.45) is 2.71. The zero-order valence-electron chi connectivity index (χ0n) is 15.7. The molecule has 0 spiro atoms. The van der Waals surface area contributed by atoms with E-state index in [0.29, 0.717) is 49.8 Å². The van der Waals surface area contributed by atoms with Crippen molar-refractivity contribution >= 4 is 27.0 Å². The van der Waals surface area contributed by atoms with Crippen LogP contribution in [0.4, 0.5) is 5.82 Å². The zero-order valence-corrected chi connectivity index (χ0v) is 16.5. The predicted molar refractivity (Wildman–Crippen MR) is 104 cm³/mol. The molecular formula is C17H21N7O3S. The highest BCUT2D eigenvalue weighted by molar-refractivity contribution is 7.88. The molecule has 0 unspecified atom stereocenters. The highest BCUT2D eigenvalue weighted by Gasteiger charge is 2.26. The SMILES string of the molecule is CCOc1ccc(-n2nnc3c(N4CCN(S(C)(=O)=O)CC4)ncnc32)cc1. The van der Waals surface area contributed by atoms with Crippen LogP contribution in [0, 0.1) is 0 Å². The Morgan fingerprint density at radius 1 is 1.07 bits per heavy atom. The lowest BCUT2D eigenvalue weighted by Crippen LogP contribution is -2.48. The average molecular weight is 403 g/mol. The molecule has 11 heteroatoms. The van der Waals surface area contributed by atoms with Gasteiger partial charge in [0.15, 0.2) is 17.0 Å². The molecule has 3 heterocycles. The normalized spacial score (nSPS) is 15.9. The maximum absolute atomic E-state index is 11.7. The van der Waals surface area contributed by atoms with E-state index in [2.05, 4.69) is 20.3 Å². The summed E-state index contributed by atoms with van der Waals surface area (Å²) in [7, 11) is -3.18. The summed E-state index contributed by atoms with van der Waals surface area (Å²) in [5.74, 6) is 1.45. The number of ether oxygens (including phenoxy) is 1. The van der Waals surface area contributed by atoms with E-state index in [9.17, 15) is 8.42 Å². The van der Waals surface area contributed by atoms with Gasteiger partial charge in [0.2, 0.25) is 10.0 Å². The highest BCUT2D eigenvalue weighted by atomic mass is 32.2. The van der Waals surface area contributed by atoms with Crippen LogP contribution in [0.1, 0.15) is 6.92 Å². The highest BCUT2D eigenvalue weighted by Crippen LogP contribution is 2.24. The van der Waals surface area contributed by atoms with Gasteiger partial charge in [-0.05, 0) is 31.2 Å². The number of rotatable bonds is 5. The number of piperazine rings is 1. The molecule has 10 nitrogen and oxygen atoms in total. The van der Waals surface area contributed by atoms with Crippen molar-refractivity contribution in [3.8, 4) is 11.4 Å². The Hall–Kier alpha value is -2.79. The Labute approximate surface area is 162 Å². The molecule has 1 aliphatic heterocycles. The van der Waals surface area contributed by atoms with Crippen molar-refractivity contribution in [1.29, 1.82) is 0 Å². The van der Waals surface area contributed by atoms with E-state index in [0.717, 1.165) is 11.4 Å². The molecule has 0 N–H and O–H groups in total. The minimum Gasteiger partial charge on any atom is -0.494 e. The molecule has 1 aliphatic rings. The average Bonchev–Trinajstić information content (AvgIpc) is 3.12. The van der Waals surface area contributed by atoms with Gasteiger partial charge in [-0.2, -0.15) is 8.99 Å². The van der Waals surface area contributed by atoms with Gasteiger partial charge in [0.1, 0.15) is 12.1 Å². The predicted octanol–water partition coefficient (Wildman–Crippen LogP) is 0.691. The third-order valence-electron chi connectivity index (χ3n) is 4.62. The molecule has 28 heavy (non-hydrogen) atoms. The van der Waals surface area contributed by atoms with E-state index in [1.165, 1.54) is 16.9 Å². The van der Waals surface area contributed by atoms with E-state index in [1.54, 1.807) is 4.68 Å². The van der Waals surface area contributed by atoms with Crippen LogP contribution in [-0.2, 0) is 10.0 Å². The second-order valence-electron chi connectivity index (χ2n) is 6.45. The lowest BCUT2D eigenvalue weighted by Gasteiger charge is -2.33. The van der Waals surface area contributed by atoms with Crippen LogP contribution in [0.25, 0.3) is 16.9 Å². The largest absolute Gasteiger partial charge is 0.494 e. The molecule has 1 saturated heterocycles. The fourth-order valence-corrected chi connectivity index (χ4v) is 4.05. The third-order valence-corrected chi connectivity index (χ3v) is 5.92. The van der Waals surface area contributed by atoms with Crippen LogP contribution in [0.15, 0.2) is 30.6 Å². The lowest BCUT2D eigenvalue weighted by atomic mass is 10.3. The maximum atomic E-state index is 11.7. The molecular weight excluding hydrogens is 382 g/mol. The molecule has 2 aromatic heterocycles. The van der Waals surface area contributed by atoms with E-state index < -0.39 is 10.0 Å². The first-order chi connectivity index (χ1) is 13.5. The number of fused-ring (bicyclic) bond motifs is 1. The molecule has 0 bridgehead atoms. The molecule has 0 atom stereocenters. The van der Waals surface area contributed by atoms with Crippen molar-refractivity contribution in [1.82, 2.24) is 29.3 Å². The maximum Gasteiger partial charge on any atom is 0.211 e. The van der Waals surface area contributed by atoms with Crippen LogP contribution < -0.4 is 9.64 Å². The molecule has 0 aliphatic carbocycles. The topological polar surface area (TPSA) is 106 Å². The monoisotopic (exact) mass is 403 g/mol. The molecule has 3 aromatic rings. The first kappa shape index (κ1) is 18.6. The summed E-state index contributed by atoms with van der Waals surface area (Å²) in [4.78, 5) is 10.7. The lowest BCUT2D eigenvalue weighted by molar-refractivity contribution is 0.340. The number of hydrogen-bond acceptors (Lipinski definition) is 8. The molecule has 4 rings (SSSR count). The molecule has 0 amide bonds. The van der Waals surface area contributed by atoms with Gasteiger partial charge in [0, 0.05) is 26.2 Å². The number of nitrogens with zero attached hydrogens (tertiary/aromatic N) is 7. The van der Waals surface area contributed by atoms with Gasteiger partial charge < -0.3 is 9.64 Å². The Morgan fingerprint density at radius 3 is 2.43 bits per heavy atom. The van der Waals surface area contributed by atoms with Crippen molar-refractivity contribution in [2.75, 3.05) is 43.9 Å². The quantitative estimate of drug-likeness (QED) is 0.613. The smallest absolute Gasteiger partial charge is 0.211 e. The van der Waals surface area contributed by atoms with Gasteiger partial charge in [0.05, 0.1) is 18.6 Å². The van der Waals surface area contributed by atoms with Crippen LogP contribution in [0.5, 0.6) is 5.75 Å². The fourth-order valence-electron chi connectivity index (χ4n) is 3.22. The Bertz CT molecular complexity index is 1070. The van der Waals surface area contributed by atoms with Crippen molar-refractivity contribution in [3.05, 3.63) is 30.6 Å². The van der Waals surface area contributed by atoms with Gasteiger partial charge in [-0.15, -0.1) is 5.10 Å². The summed E-state index contributed by atoms with van der Waals surface area (Å²) < 4.78 is 32.0. The molecule has 1 fully saturated rings. The second kappa shape index (κ2) is 7.32. The Balaban J connectivity index is 1.62. The summed E-state index contributed by atoms with van der Waals surface area (Å²) in [5.41, 5.74) is 2.00. The van der Waals surface area contributed by atoms with Gasteiger partial charge in [-0.3, -0.25) is 0 Å². The number of anilines is 1. The van der Waals surface area contributed by atoms with Gasteiger partial charge in [-0.25, -0.2) is 18.4 Å². The standard InChI is InChI=1S/C17H21N7O3S/c1-3-27-14-6-4-13(5-7-14)24-17-15(20-21-24)16(18-12-19-17)22-8-10-23(11-9-22)28(2,25)26/h4-7,12H,3,8-11H2,1-2H3. The number of aromatic nitrogens is 5. The van der Waals surface area contributed by atoms with Gasteiger partial charge >= 0.3 is 0 Å². The number of hydrogen-bond donors (Lipinski definition) is 0. The Morgan fingerprint density at radius 2 is 1.79 bits per heavy atom. The molecule has 1 aromatic carbocycles. The van der Waals surface area contributed by atoms with Crippen LogP contribution in [0.2, 0.25) is 0 Å². The minimum atomic E-state index is -3.18. The van der Waals surface area contributed by atoms with E-state index >= 15 is 0 Å². The summed E-state index contributed by atoms with van der Waals surface area (Å²) >= 11 is 0. The summed E-state index contributed by atoms with van der Waals surface area (Å²) in [6, 6.07) is 7.54. The minimum absolute atomic E-state index is 0.414. The van der Waals surface area contributed by atoms with Crippen molar-refractivity contribution < 1.29 is 13.2 Å².